The average molecular weight is 662 g/mol. The number of nitrogens with zero attached hydrogens (tertiary/aromatic N) is 3. The van der Waals surface area contributed by atoms with Gasteiger partial charge in [0.05, 0.1) is 33.6 Å². The van der Waals surface area contributed by atoms with Crippen LogP contribution in [0.2, 0.25) is 0 Å². The molecule has 0 saturated carbocycles. The molecule has 7 aromatic carbocycles. The summed E-state index contributed by atoms with van der Waals surface area (Å²) in [5, 5.41) is 5.60. The molecule has 3 heterocycles. The first-order chi connectivity index (χ1) is 25.8. The Hall–Kier alpha value is -6.97. The van der Waals surface area contributed by atoms with Gasteiger partial charge in [0.1, 0.15) is 0 Å². The molecule has 0 amide bonds. The van der Waals surface area contributed by atoms with Gasteiger partial charge in [-0.15, -0.1) is 0 Å². The Kier molecular flexibility index (Phi) is 7.14. The van der Waals surface area contributed by atoms with Crippen molar-refractivity contribution in [3.8, 4) is 56.0 Å². The Morgan fingerprint density at radius 3 is 1.58 bits per heavy atom. The minimum atomic E-state index is 0.905. The molecule has 0 saturated heterocycles. The van der Waals surface area contributed by atoms with E-state index in [1.54, 1.807) is 0 Å². The zero-order chi connectivity index (χ0) is 34.4. The second kappa shape index (κ2) is 12.4. The summed E-state index contributed by atoms with van der Waals surface area (Å²) in [6.07, 6.45) is 0. The summed E-state index contributed by atoms with van der Waals surface area (Å²) in [4.78, 5) is 15.7. The Morgan fingerprint density at radius 1 is 0.308 bits per heavy atom. The Balaban J connectivity index is 1.15. The lowest BCUT2D eigenvalue weighted by Crippen LogP contribution is -1.94. The van der Waals surface area contributed by atoms with E-state index in [1.165, 1.54) is 16.5 Å². The highest BCUT2D eigenvalue weighted by atomic mass is 14.8. The van der Waals surface area contributed by atoms with Gasteiger partial charge in [-0.1, -0.05) is 164 Å². The number of hydrogen-bond acceptors (Lipinski definition) is 3. The maximum atomic E-state index is 5.32. The van der Waals surface area contributed by atoms with Crippen LogP contribution in [0.25, 0.3) is 99.5 Å². The lowest BCUT2D eigenvalue weighted by Gasteiger charge is -2.16. The van der Waals surface area contributed by atoms with E-state index < -0.39 is 0 Å². The van der Waals surface area contributed by atoms with Crippen molar-refractivity contribution in [2.24, 2.45) is 0 Å². The van der Waals surface area contributed by atoms with Crippen molar-refractivity contribution in [3.05, 3.63) is 188 Å². The lowest BCUT2D eigenvalue weighted by atomic mass is 9.90. The molecule has 10 rings (SSSR count). The fourth-order valence-corrected chi connectivity index (χ4v) is 7.55. The highest BCUT2D eigenvalue weighted by Crippen LogP contribution is 2.42. The smallest absolute Gasteiger partial charge is 0.0972 e. The van der Waals surface area contributed by atoms with E-state index in [2.05, 4.69) is 170 Å². The largest absolute Gasteiger partial charge is 0.247 e. The number of pyridine rings is 3. The molecule has 0 unspecified atom stereocenters. The molecular weight excluding hydrogens is 631 g/mol. The quantitative estimate of drug-likeness (QED) is 0.172. The van der Waals surface area contributed by atoms with E-state index in [9.17, 15) is 0 Å². The molecule has 0 aliphatic carbocycles. The third-order valence-electron chi connectivity index (χ3n) is 10.1. The molecule has 242 valence electrons. The van der Waals surface area contributed by atoms with Crippen molar-refractivity contribution >= 4 is 43.5 Å². The van der Waals surface area contributed by atoms with Gasteiger partial charge in [0, 0.05) is 43.6 Å². The topological polar surface area (TPSA) is 38.7 Å². The molecule has 52 heavy (non-hydrogen) atoms. The molecule has 0 aliphatic rings. The van der Waals surface area contributed by atoms with Crippen LogP contribution in [0.1, 0.15) is 0 Å². The Bertz CT molecular complexity index is 2950. The van der Waals surface area contributed by atoms with Crippen LogP contribution < -0.4 is 0 Å². The van der Waals surface area contributed by atoms with E-state index in [-0.39, 0.29) is 0 Å². The molecule has 0 spiro atoms. The maximum Gasteiger partial charge on any atom is 0.0972 e. The molecule has 0 N–H and O–H groups in total. The van der Waals surface area contributed by atoms with E-state index in [0.717, 1.165) is 83.0 Å². The molecule has 10 aromatic rings. The number of fused-ring (bicyclic) bond motifs is 6. The van der Waals surface area contributed by atoms with Crippen LogP contribution in [0.4, 0.5) is 0 Å². The Morgan fingerprint density at radius 2 is 0.827 bits per heavy atom. The Labute approximate surface area is 301 Å². The molecule has 3 nitrogen and oxygen atoms in total. The van der Waals surface area contributed by atoms with Crippen molar-refractivity contribution in [1.82, 2.24) is 15.0 Å². The van der Waals surface area contributed by atoms with E-state index in [0.29, 0.717) is 0 Å². The van der Waals surface area contributed by atoms with Crippen LogP contribution in [0, 0.1) is 0 Å². The van der Waals surface area contributed by atoms with Crippen molar-refractivity contribution in [3.63, 3.8) is 0 Å². The monoisotopic (exact) mass is 661 g/mol. The fraction of sp³-hybridized carbons (Fsp3) is 0. The molecular formula is C49H31N3. The SMILES string of the molecule is c1ccc(-c2ccc3ccc4ccc(-c5cccc(-c6cccc7c(-c8ccccc8-c8ccccc8)nc8ccccc8c67)c5)nc4c3n2)cc1. The molecule has 3 aromatic heterocycles. The zero-order valence-electron chi connectivity index (χ0n) is 28.2. The van der Waals surface area contributed by atoms with Gasteiger partial charge in [0.15, 0.2) is 0 Å². The molecule has 0 aliphatic heterocycles. The fourth-order valence-electron chi connectivity index (χ4n) is 7.55. The van der Waals surface area contributed by atoms with Crippen LogP contribution in [-0.2, 0) is 0 Å². The van der Waals surface area contributed by atoms with Crippen molar-refractivity contribution in [2.45, 2.75) is 0 Å². The number of para-hydroxylation sites is 1. The summed E-state index contributed by atoms with van der Waals surface area (Å²) in [6, 6.07) is 66.1. The van der Waals surface area contributed by atoms with Crippen LogP contribution >= 0.6 is 0 Å². The standard InChI is InChI=1S/C49H31N3/c1-3-13-32(14-4-1)38-19-7-8-20-40(38)49-42-23-12-22-39(46(42)41-21-9-10-24-45(41)52-49)36-17-11-18-37(31-36)44-30-28-35-26-25-34-27-29-43(33-15-5-2-6-16-33)50-47(34)48(35)51-44/h1-31H. The van der Waals surface area contributed by atoms with E-state index in [1.807, 2.05) is 18.2 Å². The maximum absolute atomic E-state index is 5.32. The van der Waals surface area contributed by atoms with Gasteiger partial charge in [-0.3, -0.25) is 0 Å². The van der Waals surface area contributed by atoms with Crippen molar-refractivity contribution < 1.29 is 0 Å². The van der Waals surface area contributed by atoms with Crippen LogP contribution in [0.5, 0.6) is 0 Å². The average Bonchev–Trinajstić information content (AvgIpc) is 3.23. The second-order valence-electron chi connectivity index (χ2n) is 13.2. The van der Waals surface area contributed by atoms with E-state index in [4.69, 9.17) is 15.0 Å². The minimum Gasteiger partial charge on any atom is -0.247 e. The summed E-state index contributed by atoms with van der Waals surface area (Å²) >= 11 is 0. The number of rotatable bonds is 5. The van der Waals surface area contributed by atoms with Crippen LogP contribution in [-0.4, -0.2) is 15.0 Å². The predicted molar refractivity (Wildman–Crippen MR) is 217 cm³/mol. The first-order valence-electron chi connectivity index (χ1n) is 17.6. The van der Waals surface area contributed by atoms with Gasteiger partial charge in [0.25, 0.3) is 0 Å². The van der Waals surface area contributed by atoms with Crippen molar-refractivity contribution in [1.29, 1.82) is 0 Å². The zero-order valence-corrected chi connectivity index (χ0v) is 28.2. The van der Waals surface area contributed by atoms with Crippen molar-refractivity contribution in [2.75, 3.05) is 0 Å². The predicted octanol–water partition coefficient (Wildman–Crippen LogP) is 12.8. The van der Waals surface area contributed by atoms with Gasteiger partial charge in [0.2, 0.25) is 0 Å². The normalized spacial score (nSPS) is 11.5. The summed E-state index contributed by atoms with van der Waals surface area (Å²) < 4.78 is 0. The summed E-state index contributed by atoms with van der Waals surface area (Å²) in [7, 11) is 0. The molecule has 0 atom stereocenters. The second-order valence-corrected chi connectivity index (χ2v) is 13.2. The summed E-state index contributed by atoms with van der Waals surface area (Å²) in [6.45, 7) is 0. The third-order valence-corrected chi connectivity index (χ3v) is 10.1. The number of hydrogen-bond donors (Lipinski definition) is 0. The molecule has 3 heteroatoms. The van der Waals surface area contributed by atoms with Gasteiger partial charge < -0.3 is 0 Å². The lowest BCUT2D eigenvalue weighted by molar-refractivity contribution is 1.36. The molecule has 0 fully saturated rings. The highest BCUT2D eigenvalue weighted by Gasteiger charge is 2.18. The number of aromatic nitrogens is 3. The van der Waals surface area contributed by atoms with E-state index >= 15 is 0 Å². The van der Waals surface area contributed by atoms with Gasteiger partial charge in [-0.05, 0) is 46.5 Å². The minimum absolute atomic E-state index is 0.905. The van der Waals surface area contributed by atoms with Crippen LogP contribution in [0.15, 0.2) is 188 Å². The number of benzene rings is 7. The first kappa shape index (κ1) is 29.9. The summed E-state index contributed by atoms with van der Waals surface area (Å²) in [5.74, 6) is 0. The van der Waals surface area contributed by atoms with Gasteiger partial charge in [-0.25, -0.2) is 15.0 Å². The third kappa shape index (κ3) is 5.10. The first-order valence-corrected chi connectivity index (χ1v) is 17.6. The van der Waals surface area contributed by atoms with Gasteiger partial charge in [-0.2, -0.15) is 0 Å². The van der Waals surface area contributed by atoms with Gasteiger partial charge >= 0.3 is 0 Å². The molecule has 0 bridgehead atoms. The summed E-state index contributed by atoms with van der Waals surface area (Å²) in [5.41, 5.74) is 13.5. The van der Waals surface area contributed by atoms with Crippen LogP contribution in [0.3, 0.4) is 0 Å². The highest BCUT2D eigenvalue weighted by molar-refractivity contribution is 6.17. The molecule has 0 radical (unpaired) electrons.